The van der Waals surface area contributed by atoms with Gasteiger partial charge in [-0.1, -0.05) is 30.3 Å². The lowest BCUT2D eigenvalue weighted by atomic mass is 10.2. The Bertz CT molecular complexity index is 1010. The first kappa shape index (κ1) is 17.8. The van der Waals surface area contributed by atoms with Crippen LogP contribution in [0.1, 0.15) is 11.5 Å². The van der Waals surface area contributed by atoms with Crippen molar-refractivity contribution < 1.29 is 17.6 Å². The number of methoxy groups -OCH3 is 1. The van der Waals surface area contributed by atoms with Gasteiger partial charge in [-0.05, 0) is 35.9 Å². The summed E-state index contributed by atoms with van der Waals surface area (Å²) in [4.78, 5) is 4.31. The quantitative estimate of drug-likeness (QED) is 0.712. The Kier molecular flexibility index (Phi) is 5.09. The maximum atomic E-state index is 12.8. The van der Waals surface area contributed by atoms with Crippen LogP contribution in [0.15, 0.2) is 68.9 Å². The summed E-state index contributed by atoms with van der Waals surface area (Å²) in [5.41, 5.74) is 0.905. The number of hydrogen-bond acceptors (Lipinski definition) is 6. The number of anilines is 1. The number of ether oxygens (including phenoxy) is 1. The Morgan fingerprint density at radius 2 is 1.73 bits per heavy atom. The van der Waals surface area contributed by atoms with Crippen LogP contribution in [0, 0.1) is 0 Å². The normalized spacial score (nSPS) is 11.6. The van der Waals surface area contributed by atoms with Crippen molar-refractivity contribution in [3.8, 4) is 5.75 Å². The van der Waals surface area contributed by atoms with Crippen LogP contribution in [0.4, 0.5) is 5.88 Å². The van der Waals surface area contributed by atoms with Crippen LogP contribution >= 0.6 is 0 Å². The predicted octanol–water partition coefficient (Wildman–Crippen LogP) is 3.73. The lowest BCUT2D eigenvalue weighted by molar-refractivity contribution is 0.415. The maximum Gasteiger partial charge on any atom is 0.233 e. The fourth-order valence-electron chi connectivity index (χ4n) is 2.33. The van der Waals surface area contributed by atoms with Gasteiger partial charge in [0.15, 0.2) is 0 Å². The second-order valence-corrected chi connectivity index (χ2v) is 7.22. The molecule has 1 heterocycles. The maximum absolute atomic E-state index is 12.8. The second-order valence-electron chi connectivity index (χ2n) is 5.36. The van der Waals surface area contributed by atoms with E-state index in [1.54, 1.807) is 44.5 Å². The molecule has 3 rings (SSSR count). The van der Waals surface area contributed by atoms with Crippen LogP contribution < -0.4 is 10.1 Å². The molecule has 0 aliphatic heterocycles. The highest BCUT2D eigenvalue weighted by atomic mass is 32.2. The number of oxazole rings is 1. The van der Waals surface area contributed by atoms with E-state index in [0.717, 1.165) is 11.3 Å². The van der Waals surface area contributed by atoms with Crippen molar-refractivity contribution in [1.29, 1.82) is 0 Å². The predicted molar refractivity (Wildman–Crippen MR) is 99.9 cm³/mol. The van der Waals surface area contributed by atoms with Gasteiger partial charge in [-0.3, -0.25) is 0 Å². The number of aromatic nitrogens is 1. The van der Waals surface area contributed by atoms with Crippen molar-refractivity contribution in [3.63, 3.8) is 0 Å². The Labute approximate surface area is 152 Å². The highest BCUT2D eigenvalue weighted by Gasteiger charge is 2.26. The van der Waals surface area contributed by atoms with Crippen LogP contribution in [0.3, 0.4) is 0 Å². The Morgan fingerprint density at radius 3 is 2.35 bits per heavy atom. The van der Waals surface area contributed by atoms with E-state index in [0.29, 0.717) is 0 Å². The SMILES string of the molecule is CNc1oc(C=Cc2ccc(OC)cc2)nc1S(=O)(=O)c1ccccc1. The lowest BCUT2D eigenvalue weighted by Crippen LogP contribution is -2.05. The highest BCUT2D eigenvalue weighted by Crippen LogP contribution is 2.28. The molecule has 0 fully saturated rings. The molecule has 0 aliphatic carbocycles. The molecular formula is C19H18N2O4S. The molecule has 0 saturated carbocycles. The Balaban J connectivity index is 1.92. The van der Waals surface area contributed by atoms with Crippen molar-refractivity contribution in [2.75, 3.05) is 19.5 Å². The fourth-order valence-corrected chi connectivity index (χ4v) is 3.66. The first-order chi connectivity index (χ1) is 12.5. The van der Waals surface area contributed by atoms with E-state index >= 15 is 0 Å². The molecule has 1 aromatic heterocycles. The van der Waals surface area contributed by atoms with Gasteiger partial charge >= 0.3 is 0 Å². The standard InChI is InChI=1S/C19H18N2O4S/c1-20-18-19(26(22,23)16-6-4-3-5-7-16)21-17(25-18)13-10-14-8-11-15(24-2)12-9-14/h3-13,20H,1-2H3. The molecule has 0 amide bonds. The zero-order valence-corrected chi connectivity index (χ0v) is 15.2. The molecule has 6 nitrogen and oxygen atoms in total. The van der Waals surface area contributed by atoms with E-state index in [1.807, 2.05) is 24.3 Å². The molecule has 0 saturated heterocycles. The molecule has 2 aromatic carbocycles. The molecule has 26 heavy (non-hydrogen) atoms. The number of hydrogen-bond donors (Lipinski definition) is 1. The second kappa shape index (κ2) is 7.45. The summed E-state index contributed by atoms with van der Waals surface area (Å²) in [5, 5.41) is 2.61. The van der Waals surface area contributed by atoms with Gasteiger partial charge in [0.25, 0.3) is 0 Å². The topological polar surface area (TPSA) is 81.4 Å². The zero-order valence-electron chi connectivity index (χ0n) is 14.3. The molecule has 0 radical (unpaired) electrons. The van der Waals surface area contributed by atoms with Gasteiger partial charge in [-0.25, -0.2) is 8.42 Å². The van der Waals surface area contributed by atoms with Gasteiger partial charge in [0.2, 0.25) is 26.6 Å². The minimum absolute atomic E-state index is 0.100. The van der Waals surface area contributed by atoms with Crippen LogP contribution in [0.5, 0.6) is 5.75 Å². The molecule has 0 atom stereocenters. The van der Waals surface area contributed by atoms with Crippen molar-refractivity contribution in [3.05, 3.63) is 66.1 Å². The van der Waals surface area contributed by atoms with Gasteiger partial charge in [0.05, 0.1) is 12.0 Å². The smallest absolute Gasteiger partial charge is 0.233 e. The summed E-state index contributed by atoms with van der Waals surface area (Å²) in [6.07, 6.45) is 3.40. The molecule has 7 heteroatoms. The lowest BCUT2D eigenvalue weighted by Gasteiger charge is -2.02. The number of sulfone groups is 1. The van der Waals surface area contributed by atoms with Gasteiger partial charge in [0, 0.05) is 13.1 Å². The average Bonchev–Trinajstić information content (AvgIpc) is 3.12. The summed E-state index contributed by atoms with van der Waals surface area (Å²) < 4.78 is 36.2. The third-order valence-corrected chi connectivity index (χ3v) is 5.36. The number of nitrogens with one attached hydrogen (secondary N) is 1. The molecule has 0 bridgehead atoms. The van der Waals surface area contributed by atoms with Crippen molar-refractivity contribution in [1.82, 2.24) is 4.98 Å². The fraction of sp³-hybridized carbons (Fsp3) is 0.105. The average molecular weight is 370 g/mol. The minimum Gasteiger partial charge on any atom is -0.497 e. The highest BCUT2D eigenvalue weighted by molar-refractivity contribution is 7.91. The van der Waals surface area contributed by atoms with E-state index in [4.69, 9.17) is 9.15 Å². The molecule has 1 N–H and O–H groups in total. The van der Waals surface area contributed by atoms with E-state index in [9.17, 15) is 8.42 Å². The minimum atomic E-state index is -3.77. The molecule has 0 spiro atoms. The third-order valence-electron chi connectivity index (χ3n) is 3.68. The number of benzene rings is 2. The van der Waals surface area contributed by atoms with Crippen LogP contribution in [-0.4, -0.2) is 27.6 Å². The zero-order chi connectivity index (χ0) is 18.6. The van der Waals surface area contributed by atoms with Gasteiger partial charge < -0.3 is 14.5 Å². The van der Waals surface area contributed by atoms with Crippen LogP contribution in [-0.2, 0) is 9.84 Å². The Morgan fingerprint density at radius 1 is 1.04 bits per heavy atom. The molecule has 134 valence electrons. The van der Waals surface area contributed by atoms with Gasteiger partial charge in [0.1, 0.15) is 5.75 Å². The van der Waals surface area contributed by atoms with Crippen LogP contribution in [0.25, 0.3) is 12.2 Å². The van der Waals surface area contributed by atoms with Gasteiger partial charge in [-0.15, -0.1) is 0 Å². The largest absolute Gasteiger partial charge is 0.497 e. The Hall–Kier alpha value is -3.06. The van der Waals surface area contributed by atoms with E-state index < -0.39 is 9.84 Å². The summed E-state index contributed by atoms with van der Waals surface area (Å²) in [7, 11) is -0.583. The van der Waals surface area contributed by atoms with Crippen molar-refractivity contribution >= 4 is 27.9 Å². The molecule has 0 aliphatic rings. The third kappa shape index (κ3) is 3.62. The monoisotopic (exact) mass is 370 g/mol. The summed E-state index contributed by atoms with van der Waals surface area (Å²) >= 11 is 0. The van der Waals surface area contributed by atoms with Crippen molar-refractivity contribution in [2.24, 2.45) is 0 Å². The van der Waals surface area contributed by atoms with E-state index in [-0.39, 0.29) is 21.7 Å². The summed E-state index contributed by atoms with van der Waals surface area (Å²) in [6.45, 7) is 0. The molecule has 0 unspecified atom stereocenters. The molecular weight excluding hydrogens is 352 g/mol. The van der Waals surface area contributed by atoms with Crippen molar-refractivity contribution in [2.45, 2.75) is 9.92 Å². The van der Waals surface area contributed by atoms with Crippen LogP contribution in [0.2, 0.25) is 0 Å². The first-order valence-corrected chi connectivity index (χ1v) is 9.34. The number of rotatable bonds is 6. The summed E-state index contributed by atoms with van der Waals surface area (Å²) in [5.74, 6) is 1.05. The van der Waals surface area contributed by atoms with Gasteiger partial charge in [-0.2, -0.15) is 4.98 Å². The molecule has 3 aromatic rings. The number of nitrogens with zero attached hydrogens (tertiary/aromatic N) is 1. The van der Waals surface area contributed by atoms with E-state index in [2.05, 4.69) is 10.3 Å². The summed E-state index contributed by atoms with van der Waals surface area (Å²) in [6, 6.07) is 15.5. The first-order valence-electron chi connectivity index (χ1n) is 7.85. The van der Waals surface area contributed by atoms with E-state index in [1.165, 1.54) is 12.1 Å².